The molecule has 0 radical (unpaired) electrons. The normalized spacial score (nSPS) is 16.8. The molecule has 1 aromatic carbocycles. The number of nitrogens with one attached hydrogen (secondary N) is 1. The zero-order chi connectivity index (χ0) is 17.6. The maximum absolute atomic E-state index is 12.6. The summed E-state index contributed by atoms with van der Waals surface area (Å²) in [5, 5.41) is 5.86. The lowest BCUT2D eigenvalue weighted by Crippen LogP contribution is -2.31. The van der Waals surface area contributed by atoms with Gasteiger partial charge in [0.05, 0.1) is 6.04 Å². The molecule has 132 valence electrons. The van der Waals surface area contributed by atoms with E-state index in [0.717, 1.165) is 42.1 Å². The molecule has 1 unspecified atom stereocenters. The van der Waals surface area contributed by atoms with Gasteiger partial charge in [0.25, 0.3) is 0 Å². The van der Waals surface area contributed by atoms with Crippen molar-refractivity contribution in [2.75, 3.05) is 11.9 Å². The summed E-state index contributed by atoms with van der Waals surface area (Å²) in [6.07, 6.45) is 5.03. The van der Waals surface area contributed by atoms with Crippen LogP contribution in [0.2, 0.25) is 0 Å². The number of nitrogens with zero attached hydrogens (tertiary/aromatic N) is 2. The Labute approximate surface area is 152 Å². The van der Waals surface area contributed by atoms with Crippen molar-refractivity contribution in [3.8, 4) is 0 Å². The smallest absolute Gasteiger partial charge is 0.224 e. The van der Waals surface area contributed by atoms with Crippen LogP contribution >= 0.6 is 11.3 Å². The predicted octanol–water partition coefficient (Wildman–Crippen LogP) is 3.79. The highest BCUT2D eigenvalue weighted by Gasteiger charge is 2.31. The van der Waals surface area contributed by atoms with Crippen molar-refractivity contribution in [1.82, 2.24) is 9.88 Å². The SMILES string of the molecule is CCc1ccccc1NC(=O)CCC(=O)N1CCCC1c1nccs1. The number of likely N-dealkylation sites (tertiary alicyclic amines) is 1. The Hall–Kier alpha value is -2.21. The molecule has 0 spiro atoms. The first-order chi connectivity index (χ1) is 12.2. The molecule has 6 heteroatoms. The quantitative estimate of drug-likeness (QED) is 0.855. The standard InChI is InChI=1S/C19H23N3O2S/c1-2-14-6-3-4-7-15(14)21-17(23)9-10-18(24)22-12-5-8-16(22)19-20-11-13-25-19/h3-4,6-7,11,13,16H,2,5,8-10,12H2,1H3,(H,21,23). The monoisotopic (exact) mass is 357 g/mol. The van der Waals surface area contributed by atoms with E-state index >= 15 is 0 Å². The largest absolute Gasteiger partial charge is 0.333 e. The number of rotatable bonds is 6. The first-order valence-electron chi connectivity index (χ1n) is 8.75. The molecule has 1 atom stereocenters. The second kappa shape index (κ2) is 8.25. The zero-order valence-electron chi connectivity index (χ0n) is 14.4. The highest BCUT2D eigenvalue weighted by molar-refractivity contribution is 7.09. The first kappa shape index (κ1) is 17.6. The molecule has 0 bridgehead atoms. The average molecular weight is 357 g/mol. The van der Waals surface area contributed by atoms with E-state index in [4.69, 9.17) is 0 Å². The third-order valence-corrected chi connectivity index (χ3v) is 5.42. The minimum absolute atomic E-state index is 0.0385. The van der Waals surface area contributed by atoms with Gasteiger partial charge in [-0.25, -0.2) is 4.98 Å². The summed E-state index contributed by atoms with van der Waals surface area (Å²) >= 11 is 1.59. The summed E-state index contributed by atoms with van der Waals surface area (Å²) in [5.74, 6) is -0.0733. The summed E-state index contributed by atoms with van der Waals surface area (Å²) in [7, 11) is 0. The number of thiazole rings is 1. The second-order valence-electron chi connectivity index (χ2n) is 6.17. The molecule has 1 N–H and O–H groups in total. The summed E-state index contributed by atoms with van der Waals surface area (Å²) in [6, 6.07) is 7.85. The number of anilines is 1. The van der Waals surface area contributed by atoms with Crippen LogP contribution in [0.1, 0.15) is 49.2 Å². The Morgan fingerprint density at radius 2 is 2.16 bits per heavy atom. The van der Waals surface area contributed by atoms with Crippen molar-refractivity contribution in [1.29, 1.82) is 0 Å². The fraction of sp³-hybridized carbons (Fsp3) is 0.421. The number of carbonyl (C=O) groups excluding carboxylic acids is 2. The van der Waals surface area contributed by atoms with E-state index < -0.39 is 0 Å². The Kier molecular flexibility index (Phi) is 5.81. The molecule has 5 nitrogen and oxygen atoms in total. The summed E-state index contributed by atoms with van der Waals surface area (Å²) in [4.78, 5) is 31.0. The van der Waals surface area contributed by atoms with E-state index in [2.05, 4.69) is 17.2 Å². The van der Waals surface area contributed by atoms with Gasteiger partial charge in [0.2, 0.25) is 11.8 Å². The van der Waals surface area contributed by atoms with Gasteiger partial charge in [0.1, 0.15) is 5.01 Å². The minimum atomic E-state index is -0.112. The van der Waals surface area contributed by atoms with E-state index in [-0.39, 0.29) is 30.7 Å². The number of amides is 2. The lowest BCUT2D eigenvalue weighted by Gasteiger charge is -2.23. The fourth-order valence-electron chi connectivity index (χ4n) is 3.25. The topological polar surface area (TPSA) is 62.3 Å². The first-order valence-corrected chi connectivity index (χ1v) is 9.63. The second-order valence-corrected chi connectivity index (χ2v) is 7.10. The average Bonchev–Trinajstić information content (AvgIpc) is 3.31. The zero-order valence-corrected chi connectivity index (χ0v) is 15.2. The van der Waals surface area contributed by atoms with Gasteiger partial charge in [-0.05, 0) is 30.9 Å². The van der Waals surface area contributed by atoms with Crippen LogP contribution in [0.15, 0.2) is 35.8 Å². The molecule has 2 heterocycles. The van der Waals surface area contributed by atoms with E-state index in [0.29, 0.717) is 0 Å². The van der Waals surface area contributed by atoms with Gasteiger partial charge in [-0.3, -0.25) is 9.59 Å². The van der Waals surface area contributed by atoms with Crippen LogP contribution in [0.4, 0.5) is 5.69 Å². The highest BCUT2D eigenvalue weighted by Crippen LogP contribution is 2.33. The van der Waals surface area contributed by atoms with Gasteiger partial charge in [0.15, 0.2) is 0 Å². The van der Waals surface area contributed by atoms with Gasteiger partial charge in [-0.15, -0.1) is 11.3 Å². The molecule has 1 aromatic heterocycles. The molecule has 1 aliphatic heterocycles. The van der Waals surface area contributed by atoms with Crippen molar-refractivity contribution in [2.45, 2.75) is 45.1 Å². The summed E-state index contributed by atoms with van der Waals surface area (Å²) in [6.45, 7) is 2.81. The number of aryl methyl sites for hydroxylation is 1. The number of hydrogen-bond acceptors (Lipinski definition) is 4. The third-order valence-electron chi connectivity index (χ3n) is 4.55. The van der Waals surface area contributed by atoms with Crippen molar-refractivity contribution in [3.63, 3.8) is 0 Å². The molecule has 0 aliphatic carbocycles. The van der Waals surface area contributed by atoms with E-state index in [9.17, 15) is 9.59 Å². The maximum Gasteiger partial charge on any atom is 0.224 e. The van der Waals surface area contributed by atoms with Crippen LogP contribution in [-0.4, -0.2) is 28.2 Å². The van der Waals surface area contributed by atoms with Crippen molar-refractivity contribution < 1.29 is 9.59 Å². The molecule has 1 fully saturated rings. The lowest BCUT2D eigenvalue weighted by molar-refractivity contribution is -0.133. The van der Waals surface area contributed by atoms with Crippen LogP contribution < -0.4 is 5.32 Å². The summed E-state index contributed by atoms with van der Waals surface area (Å²) in [5.41, 5.74) is 1.94. The van der Waals surface area contributed by atoms with E-state index in [1.165, 1.54) is 0 Å². The number of aromatic nitrogens is 1. The van der Waals surface area contributed by atoms with Gasteiger partial charge in [-0.1, -0.05) is 25.1 Å². The van der Waals surface area contributed by atoms with Gasteiger partial charge >= 0.3 is 0 Å². The van der Waals surface area contributed by atoms with Gasteiger partial charge in [-0.2, -0.15) is 0 Å². The van der Waals surface area contributed by atoms with Crippen molar-refractivity contribution in [3.05, 3.63) is 46.4 Å². The van der Waals surface area contributed by atoms with Crippen LogP contribution in [0.5, 0.6) is 0 Å². The van der Waals surface area contributed by atoms with Crippen LogP contribution in [0, 0.1) is 0 Å². The van der Waals surface area contributed by atoms with Crippen LogP contribution in [0.3, 0.4) is 0 Å². The number of para-hydroxylation sites is 1. The Morgan fingerprint density at radius 1 is 1.32 bits per heavy atom. The molecule has 0 saturated carbocycles. The van der Waals surface area contributed by atoms with E-state index in [1.807, 2.05) is 34.5 Å². The Balaban J connectivity index is 1.54. The van der Waals surface area contributed by atoms with E-state index in [1.54, 1.807) is 17.5 Å². The van der Waals surface area contributed by atoms with Crippen molar-refractivity contribution >= 4 is 28.8 Å². The number of hydrogen-bond donors (Lipinski definition) is 1. The minimum Gasteiger partial charge on any atom is -0.333 e. The van der Waals surface area contributed by atoms with Gasteiger partial charge < -0.3 is 10.2 Å². The highest BCUT2D eigenvalue weighted by atomic mass is 32.1. The Bertz CT molecular complexity index is 730. The third kappa shape index (κ3) is 4.25. The molecule has 1 aliphatic rings. The molecular weight excluding hydrogens is 334 g/mol. The predicted molar refractivity (Wildman–Crippen MR) is 99.5 cm³/mol. The molecular formula is C19H23N3O2S. The molecule has 25 heavy (non-hydrogen) atoms. The van der Waals surface area contributed by atoms with Crippen LogP contribution in [0.25, 0.3) is 0 Å². The number of carbonyl (C=O) groups is 2. The molecule has 1 saturated heterocycles. The number of benzene rings is 1. The van der Waals surface area contributed by atoms with Crippen LogP contribution in [-0.2, 0) is 16.0 Å². The summed E-state index contributed by atoms with van der Waals surface area (Å²) < 4.78 is 0. The Morgan fingerprint density at radius 3 is 2.92 bits per heavy atom. The fourth-order valence-corrected chi connectivity index (χ4v) is 4.03. The molecule has 3 rings (SSSR count). The lowest BCUT2D eigenvalue weighted by atomic mass is 10.1. The van der Waals surface area contributed by atoms with Gasteiger partial charge in [0, 0.05) is 36.7 Å². The maximum atomic E-state index is 12.6. The molecule has 2 amide bonds. The van der Waals surface area contributed by atoms with Crippen molar-refractivity contribution in [2.24, 2.45) is 0 Å². The molecule has 2 aromatic rings.